The van der Waals surface area contributed by atoms with Crippen LogP contribution in [0.5, 0.6) is 0 Å². The maximum absolute atomic E-state index is 10.7. The Kier molecular flexibility index (Phi) is 5.12. The minimum absolute atomic E-state index is 0.232. The van der Waals surface area contributed by atoms with Gasteiger partial charge in [-0.3, -0.25) is 4.79 Å². The van der Waals surface area contributed by atoms with Gasteiger partial charge in [0.25, 0.3) is 0 Å². The molecule has 2 N–H and O–H groups in total. The van der Waals surface area contributed by atoms with Crippen LogP contribution in [0.15, 0.2) is 12.7 Å². The van der Waals surface area contributed by atoms with Gasteiger partial charge in [0.05, 0.1) is 0 Å². The van der Waals surface area contributed by atoms with Gasteiger partial charge in [0.15, 0.2) is 0 Å². The van der Waals surface area contributed by atoms with Crippen molar-refractivity contribution in [2.45, 2.75) is 19.3 Å². The molecule has 0 aliphatic heterocycles. The van der Waals surface area contributed by atoms with E-state index < -0.39 is 0 Å². The standard InChI is InChI=1S/C7H13NO/c1-2-4-7(9)5-3-6-8/h2H,1,3-6,8H2. The Morgan fingerprint density at radius 1 is 1.67 bits per heavy atom. The maximum atomic E-state index is 10.7. The van der Waals surface area contributed by atoms with Crippen molar-refractivity contribution < 1.29 is 4.79 Å². The zero-order chi connectivity index (χ0) is 7.11. The van der Waals surface area contributed by atoms with Crippen molar-refractivity contribution in [2.24, 2.45) is 5.73 Å². The van der Waals surface area contributed by atoms with Crippen LogP contribution in [0.3, 0.4) is 0 Å². The fourth-order valence-corrected chi connectivity index (χ4v) is 0.562. The van der Waals surface area contributed by atoms with Crippen LogP contribution in [0.4, 0.5) is 0 Å². The number of rotatable bonds is 5. The van der Waals surface area contributed by atoms with Crippen molar-refractivity contribution >= 4 is 5.78 Å². The van der Waals surface area contributed by atoms with Crippen LogP contribution in [-0.4, -0.2) is 12.3 Å². The molecule has 0 saturated heterocycles. The van der Waals surface area contributed by atoms with E-state index >= 15 is 0 Å². The van der Waals surface area contributed by atoms with Gasteiger partial charge in [0.2, 0.25) is 0 Å². The van der Waals surface area contributed by atoms with Crippen LogP contribution < -0.4 is 5.73 Å². The molecule has 0 radical (unpaired) electrons. The molecule has 0 aliphatic rings. The molecule has 0 atom stereocenters. The highest BCUT2D eigenvalue weighted by Gasteiger charge is 1.95. The first kappa shape index (κ1) is 8.37. The van der Waals surface area contributed by atoms with Crippen LogP contribution >= 0.6 is 0 Å². The number of Topliss-reactive ketones (excluding diaryl/α,β-unsaturated/α-hetero) is 1. The molecule has 0 aromatic carbocycles. The first-order valence-corrected chi connectivity index (χ1v) is 3.14. The molecule has 0 heterocycles. The third-order valence-corrected chi connectivity index (χ3v) is 1.03. The van der Waals surface area contributed by atoms with Gasteiger partial charge in [-0.05, 0) is 13.0 Å². The fraction of sp³-hybridized carbons (Fsp3) is 0.571. The van der Waals surface area contributed by atoms with Crippen molar-refractivity contribution in [1.82, 2.24) is 0 Å². The summed E-state index contributed by atoms with van der Waals surface area (Å²) in [5.41, 5.74) is 5.19. The molecular weight excluding hydrogens is 114 g/mol. The molecule has 0 unspecified atom stereocenters. The molecular formula is C7H13NO. The van der Waals surface area contributed by atoms with E-state index in [1.54, 1.807) is 6.08 Å². The van der Waals surface area contributed by atoms with E-state index in [0.717, 1.165) is 6.42 Å². The second-order valence-electron chi connectivity index (χ2n) is 1.92. The smallest absolute Gasteiger partial charge is 0.136 e. The van der Waals surface area contributed by atoms with E-state index in [9.17, 15) is 4.79 Å². The van der Waals surface area contributed by atoms with E-state index in [4.69, 9.17) is 5.73 Å². The predicted molar refractivity (Wildman–Crippen MR) is 38.1 cm³/mol. The Labute approximate surface area is 55.7 Å². The minimum Gasteiger partial charge on any atom is -0.330 e. The average molecular weight is 127 g/mol. The summed E-state index contributed by atoms with van der Waals surface area (Å²) < 4.78 is 0. The second-order valence-corrected chi connectivity index (χ2v) is 1.92. The van der Waals surface area contributed by atoms with Gasteiger partial charge < -0.3 is 5.73 Å². The number of carbonyl (C=O) groups is 1. The van der Waals surface area contributed by atoms with E-state index in [1.807, 2.05) is 0 Å². The van der Waals surface area contributed by atoms with Crippen molar-refractivity contribution in [3.8, 4) is 0 Å². The highest BCUT2D eigenvalue weighted by Crippen LogP contribution is 1.92. The summed E-state index contributed by atoms with van der Waals surface area (Å²) in [6.45, 7) is 4.06. The van der Waals surface area contributed by atoms with Crippen LogP contribution in [0.2, 0.25) is 0 Å². The number of hydrogen-bond donors (Lipinski definition) is 1. The van der Waals surface area contributed by atoms with E-state index in [-0.39, 0.29) is 5.78 Å². The highest BCUT2D eigenvalue weighted by atomic mass is 16.1. The maximum Gasteiger partial charge on any atom is 0.136 e. The normalized spacial score (nSPS) is 9.00. The summed E-state index contributed by atoms with van der Waals surface area (Å²) >= 11 is 0. The molecule has 2 heteroatoms. The lowest BCUT2D eigenvalue weighted by molar-refractivity contribution is -0.118. The molecule has 0 fully saturated rings. The molecule has 2 nitrogen and oxygen atoms in total. The van der Waals surface area contributed by atoms with Crippen molar-refractivity contribution in [2.75, 3.05) is 6.54 Å². The number of ketones is 1. The van der Waals surface area contributed by atoms with Gasteiger partial charge >= 0.3 is 0 Å². The topological polar surface area (TPSA) is 43.1 Å². The number of carbonyl (C=O) groups excluding carboxylic acids is 1. The summed E-state index contributed by atoms with van der Waals surface area (Å²) in [6, 6.07) is 0. The van der Waals surface area contributed by atoms with Gasteiger partial charge in [-0.2, -0.15) is 0 Å². The van der Waals surface area contributed by atoms with Gasteiger partial charge in [-0.15, -0.1) is 6.58 Å². The molecule has 0 aromatic rings. The van der Waals surface area contributed by atoms with E-state index in [1.165, 1.54) is 0 Å². The lowest BCUT2D eigenvalue weighted by atomic mass is 10.2. The lowest BCUT2D eigenvalue weighted by Gasteiger charge is -1.92. The number of hydrogen-bond acceptors (Lipinski definition) is 2. The summed E-state index contributed by atoms with van der Waals surface area (Å²) in [5.74, 6) is 0.232. The quantitative estimate of drug-likeness (QED) is 0.557. The molecule has 0 spiro atoms. The molecule has 0 aromatic heterocycles. The molecule has 0 saturated carbocycles. The zero-order valence-electron chi connectivity index (χ0n) is 5.60. The van der Waals surface area contributed by atoms with Crippen LogP contribution in [0, 0.1) is 0 Å². The van der Waals surface area contributed by atoms with Crippen LogP contribution in [0.1, 0.15) is 19.3 Å². The third kappa shape index (κ3) is 5.24. The molecule has 0 aliphatic carbocycles. The minimum atomic E-state index is 0.232. The van der Waals surface area contributed by atoms with Gasteiger partial charge in [-0.25, -0.2) is 0 Å². The summed E-state index contributed by atoms with van der Waals surface area (Å²) in [5, 5.41) is 0. The van der Waals surface area contributed by atoms with E-state index in [0.29, 0.717) is 19.4 Å². The van der Waals surface area contributed by atoms with E-state index in [2.05, 4.69) is 6.58 Å². The predicted octanol–water partition coefficient (Wildman–Crippen LogP) is 0.871. The monoisotopic (exact) mass is 127 g/mol. The Balaban J connectivity index is 3.16. The SMILES string of the molecule is C=CCC(=O)CCCN. The second kappa shape index (κ2) is 5.51. The highest BCUT2D eigenvalue weighted by molar-refractivity contribution is 5.79. The summed E-state index contributed by atoms with van der Waals surface area (Å²) in [4.78, 5) is 10.7. The molecule has 0 amide bonds. The van der Waals surface area contributed by atoms with Crippen molar-refractivity contribution in [3.05, 3.63) is 12.7 Å². The Morgan fingerprint density at radius 2 is 2.33 bits per heavy atom. The third-order valence-electron chi connectivity index (χ3n) is 1.03. The van der Waals surface area contributed by atoms with Gasteiger partial charge in [0, 0.05) is 12.8 Å². The molecule has 0 bridgehead atoms. The Hall–Kier alpha value is -0.630. The van der Waals surface area contributed by atoms with Crippen molar-refractivity contribution in [3.63, 3.8) is 0 Å². The average Bonchev–Trinajstić information content (AvgIpc) is 1.85. The van der Waals surface area contributed by atoms with Gasteiger partial charge in [-0.1, -0.05) is 6.08 Å². The van der Waals surface area contributed by atoms with Gasteiger partial charge in [0.1, 0.15) is 5.78 Å². The van der Waals surface area contributed by atoms with Crippen LogP contribution in [-0.2, 0) is 4.79 Å². The largest absolute Gasteiger partial charge is 0.330 e. The summed E-state index contributed by atoms with van der Waals surface area (Å²) in [6.07, 6.45) is 3.51. The first-order chi connectivity index (χ1) is 4.31. The van der Waals surface area contributed by atoms with Crippen LogP contribution in [0.25, 0.3) is 0 Å². The fourth-order valence-electron chi connectivity index (χ4n) is 0.562. The first-order valence-electron chi connectivity index (χ1n) is 3.14. The summed E-state index contributed by atoms with van der Waals surface area (Å²) in [7, 11) is 0. The number of allylic oxidation sites excluding steroid dienone is 1. The van der Waals surface area contributed by atoms with Crippen molar-refractivity contribution in [1.29, 1.82) is 0 Å². The molecule has 9 heavy (non-hydrogen) atoms. The Bertz CT molecular complexity index is 99.1. The molecule has 52 valence electrons. The number of nitrogens with two attached hydrogens (primary N) is 1. The molecule has 0 rings (SSSR count). The lowest BCUT2D eigenvalue weighted by Crippen LogP contribution is -2.03. The Morgan fingerprint density at radius 3 is 2.78 bits per heavy atom. The zero-order valence-corrected chi connectivity index (χ0v) is 5.60.